The summed E-state index contributed by atoms with van der Waals surface area (Å²) in [5.74, 6) is 0. The smallest absolute Gasteiger partial charge is 0.314 e. The molecule has 0 heterocycles. The van der Waals surface area contributed by atoms with Crippen molar-refractivity contribution < 1.29 is 14.6 Å². The SMILES string of the molecule is CNC(=O)NCCCOCCCO. The topological polar surface area (TPSA) is 70.6 Å². The molecule has 78 valence electrons. The molecule has 3 N–H and O–H groups in total. The molecular weight excluding hydrogens is 172 g/mol. The standard InChI is InChI=1S/C8H18N2O3/c1-9-8(12)10-4-2-6-13-7-3-5-11/h11H,2-7H2,1H3,(H2,9,10,12). The van der Waals surface area contributed by atoms with Crippen molar-refractivity contribution in [1.29, 1.82) is 0 Å². The Morgan fingerprint density at radius 3 is 2.69 bits per heavy atom. The lowest BCUT2D eigenvalue weighted by atomic mass is 10.4. The van der Waals surface area contributed by atoms with E-state index in [1.165, 1.54) is 0 Å². The molecule has 2 amide bonds. The second kappa shape index (κ2) is 9.28. The zero-order chi connectivity index (χ0) is 9.94. The number of hydrogen-bond acceptors (Lipinski definition) is 3. The normalized spacial score (nSPS) is 9.69. The molecule has 0 fully saturated rings. The number of hydrogen-bond donors (Lipinski definition) is 3. The first-order valence-corrected chi connectivity index (χ1v) is 4.45. The number of carbonyl (C=O) groups excluding carboxylic acids is 1. The van der Waals surface area contributed by atoms with Crippen molar-refractivity contribution >= 4 is 6.03 Å². The van der Waals surface area contributed by atoms with Gasteiger partial charge in [-0.1, -0.05) is 0 Å². The molecule has 5 nitrogen and oxygen atoms in total. The molecule has 0 aromatic carbocycles. The second-order valence-electron chi connectivity index (χ2n) is 2.55. The molecule has 0 aliphatic heterocycles. The Kier molecular flexibility index (Phi) is 8.70. The Labute approximate surface area is 78.5 Å². The lowest BCUT2D eigenvalue weighted by molar-refractivity contribution is 0.114. The Morgan fingerprint density at radius 2 is 2.08 bits per heavy atom. The van der Waals surface area contributed by atoms with Gasteiger partial charge in [-0.25, -0.2) is 4.79 Å². The maximum Gasteiger partial charge on any atom is 0.314 e. The third-order valence-corrected chi connectivity index (χ3v) is 1.42. The van der Waals surface area contributed by atoms with Crippen molar-refractivity contribution in [3.8, 4) is 0 Å². The van der Waals surface area contributed by atoms with Crippen LogP contribution in [0.4, 0.5) is 4.79 Å². The van der Waals surface area contributed by atoms with Crippen molar-refractivity contribution in [2.24, 2.45) is 0 Å². The van der Waals surface area contributed by atoms with E-state index in [2.05, 4.69) is 10.6 Å². The van der Waals surface area contributed by atoms with Gasteiger partial charge in [0.05, 0.1) is 0 Å². The van der Waals surface area contributed by atoms with Gasteiger partial charge in [0, 0.05) is 33.4 Å². The highest BCUT2D eigenvalue weighted by Crippen LogP contribution is 1.84. The average molecular weight is 190 g/mol. The highest BCUT2D eigenvalue weighted by molar-refractivity contribution is 5.73. The number of ether oxygens (including phenoxy) is 1. The van der Waals surface area contributed by atoms with E-state index in [4.69, 9.17) is 9.84 Å². The third kappa shape index (κ3) is 9.10. The van der Waals surface area contributed by atoms with Crippen LogP contribution in [0.5, 0.6) is 0 Å². The quantitative estimate of drug-likeness (QED) is 0.483. The molecule has 0 saturated heterocycles. The van der Waals surface area contributed by atoms with Crippen molar-refractivity contribution in [3.05, 3.63) is 0 Å². The van der Waals surface area contributed by atoms with Crippen LogP contribution < -0.4 is 10.6 Å². The molecule has 0 radical (unpaired) electrons. The minimum atomic E-state index is -0.171. The lowest BCUT2D eigenvalue weighted by Gasteiger charge is -2.04. The van der Waals surface area contributed by atoms with Gasteiger partial charge in [-0.05, 0) is 12.8 Å². The molecular formula is C8H18N2O3. The van der Waals surface area contributed by atoms with Gasteiger partial charge in [0.2, 0.25) is 0 Å². The molecule has 0 atom stereocenters. The first-order valence-electron chi connectivity index (χ1n) is 4.45. The van der Waals surface area contributed by atoms with E-state index in [0.29, 0.717) is 26.2 Å². The van der Waals surface area contributed by atoms with Gasteiger partial charge in [0.1, 0.15) is 0 Å². The van der Waals surface area contributed by atoms with Crippen molar-refractivity contribution in [3.63, 3.8) is 0 Å². The number of amides is 2. The molecule has 0 spiro atoms. The van der Waals surface area contributed by atoms with Gasteiger partial charge in [-0.15, -0.1) is 0 Å². The van der Waals surface area contributed by atoms with E-state index >= 15 is 0 Å². The van der Waals surface area contributed by atoms with Crippen LogP contribution in [0.2, 0.25) is 0 Å². The highest BCUT2D eigenvalue weighted by Gasteiger charge is 1.93. The lowest BCUT2D eigenvalue weighted by Crippen LogP contribution is -2.33. The third-order valence-electron chi connectivity index (χ3n) is 1.42. The van der Waals surface area contributed by atoms with E-state index in [1.807, 2.05) is 0 Å². The van der Waals surface area contributed by atoms with Crippen LogP contribution in [-0.2, 0) is 4.74 Å². The number of nitrogens with one attached hydrogen (secondary N) is 2. The summed E-state index contributed by atoms with van der Waals surface area (Å²) in [6.45, 7) is 1.97. The molecule has 0 aliphatic carbocycles. The zero-order valence-electron chi connectivity index (χ0n) is 8.01. The van der Waals surface area contributed by atoms with Gasteiger partial charge in [-0.2, -0.15) is 0 Å². The first-order chi connectivity index (χ1) is 6.31. The van der Waals surface area contributed by atoms with Crippen LogP contribution in [0.1, 0.15) is 12.8 Å². The molecule has 0 unspecified atom stereocenters. The largest absolute Gasteiger partial charge is 0.396 e. The van der Waals surface area contributed by atoms with Gasteiger partial charge in [0.15, 0.2) is 0 Å². The summed E-state index contributed by atoms with van der Waals surface area (Å²) in [6, 6.07) is -0.171. The van der Waals surface area contributed by atoms with Gasteiger partial charge in [0.25, 0.3) is 0 Å². The maximum atomic E-state index is 10.7. The van der Waals surface area contributed by atoms with Crippen molar-refractivity contribution in [2.45, 2.75) is 12.8 Å². The molecule has 0 aliphatic rings. The predicted octanol–water partition coefficient (Wildman–Crippen LogP) is -0.296. The van der Waals surface area contributed by atoms with E-state index < -0.39 is 0 Å². The van der Waals surface area contributed by atoms with Crippen LogP contribution in [0.3, 0.4) is 0 Å². The summed E-state index contributed by atoms with van der Waals surface area (Å²) >= 11 is 0. The average Bonchev–Trinajstić information content (AvgIpc) is 2.16. The minimum absolute atomic E-state index is 0.163. The summed E-state index contributed by atoms with van der Waals surface area (Å²) in [5.41, 5.74) is 0. The first kappa shape index (κ1) is 12.2. The second-order valence-corrected chi connectivity index (χ2v) is 2.55. The van der Waals surface area contributed by atoms with Gasteiger partial charge < -0.3 is 20.5 Å². The molecule has 0 saturated carbocycles. The van der Waals surface area contributed by atoms with Crippen molar-refractivity contribution in [1.82, 2.24) is 10.6 Å². The fraction of sp³-hybridized carbons (Fsp3) is 0.875. The Bertz CT molecular complexity index is 131. The molecule has 13 heavy (non-hydrogen) atoms. The summed E-state index contributed by atoms with van der Waals surface area (Å²) in [6.07, 6.45) is 1.46. The number of carbonyl (C=O) groups is 1. The summed E-state index contributed by atoms with van der Waals surface area (Å²) in [7, 11) is 1.58. The number of rotatable bonds is 7. The van der Waals surface area contributed by atoms with Gasteiger partial charge in [-0.3, -0.25) is 0 Å². The van der Waals surface area contributed by atoms with E-state index in [-0.39, 0.29) is 12.6 Å². The predicted molar refractivity (Wildman–Crippen MR) is 49.6 cm³/mol. The van der Waals surface area contributed by atoms with Crippen LogP contribution in [0, 0.1) is 0 Å². The van der Waals surface area contributed by atoms with Crippen LogP contribution >= 0.6 is 0 Å². The minimum Gasteiger partial charge on any atom is -0.396 e. The van der Waals surface area contributed by atoms with Gasteiger partial charge >= 0.3 is 6.03 Å². The monoisotopic (exact) mass is 190 g/mol. The molecule has 0 aromatic heterocycles. The summed E-state index contributed by atoms with van der Waals surface area (Å²) < 4.78 is 5.16. The van der Waals surface area contributed by atoms with Crippen LogP contribution in [0.25, 0.3) is 0 Å². The fourth-order valence-corrected chi connectivity index (χ4v) is 0.733. The molecule has 5 heteroatoms. The van der Waals surface area contributed by atoms with E-state index in [1.54, 1.807) is 7.05 Å². The van der Waals surface area contributed by atoms with E-state index in [0.717, 1.165) is 6.42 Å². The number of aliphatic hydroxyl groups is 1. The number of urea groups is 1. The van der Waals surface area contributed by atoms with Crippen molar-refractivity contribution in [2.75, 3.05) is 33.4 Å². The fourth-order valence-electron chi connectivity index (χ4n) is 0.733. The zero-order valence-corrected chi connectivity index (χ0v) is 8.01. The Hall–Kier alpha value is -0.810. The Balaban J connectivity index is 2.95. The maximum absolute atomic E-state index is 10.7. The molecule has 0 aromatic rings. The molecule has 0 rings (SSSR count). The van der Waals surface area contributed by atoms with Crippen LogP contribution in [-0.4, -0.2) is 44.6 Å². The summed E-state index contributed by atoms with van der Waals surface area (Å²) in [4.78, 5) is 10.7. The molecule has 0 bridgehead atoms. The van der Waals surface area contributed by atoms with E-state index in [9.17, 15) is 4.79 Å². The summed E-state index contributed by atoms with van der Waals surface area (Å²) in [5, 5.41) is 13.5. The number of aliphatic hydroxyl groups excluding tert-OH is 1. The van der Waals surface area contributed by atoms with Crippen LogP contribution in [0.15, 0.2) is 0 Å². The Morgan fingerprint density at radius 1 is 1.38 bits per heavy atom. The highest BCUT2D eigenvalue weighted by atomic mass is 16.5.